The van der Waals surface area contributed by atoms with Gasteiger partial charge in [-0.25, -0.2) is 0 Å². The predicted octanol–water partition coefficient (Wildman–Crippen LogP) is 4.85. The Labute approximate surface area is 131 Å². The molecule has 1 fully saturated rings. The lowest BCUT2D eigenvalue weighted by atomic mass is 9.86. The molecule has 1 saturated heterocycles. The first-order valence-corrected chi connectivity index (χ1v) is 8.22. The molecule has 1 aliphatic heterocycles. The van der Waals surface area contributed by atoms with Crippen LogP contribution in [-0.2, 0) is 4.74 Å². The lowest BCUT2D eigenvalue weighted by Gasteiger charge is -2.29. The molecule has 2 rings (SSSR count). The first-order valence-electron chi connectivity index (χ1n) is 7.47. The van der Waals surface area contributed by atoms with Crippen LogP contribution in [0.3, 0.4) is 0 Å². The first-order chi connectivity index (χ1) is 9.67. The maximum Gasteiger partial charge on any atom is 0.0619 e. The summed E-state index contributed by atoms with van der Waals surface area (Å²) in [7, 11) is 0. The molecule has 1 N–H and O–H groups in total. The van der Waals surface area contributed by atoms with Crippen molar-refractivity contribution in [2.24, 2.45) is 5.92 Å². The summed E-state index contributed by atoms with van der Waals surface area (Å²) in [6, 6.07) is 5.93. The summed E-state index contributed by atoms with van der Waals surface area (Å²) >= 11 is 12.6. The van der Waals surface area contributed by atoms with E-state index in [0.717, 1.165) is 48.0 Å². The fourth-order valence-corrected chi connectivity index (χ4v) is 3.43. The molecule has 1 aromatic rings. The summed E-state index contributed by atoms with van der Waals surface area (Å²) in [6.45, 7) is 6.16. The molecule has 0 radical (unpaired) electrons. The molecule has 3 unspecified atom stereocenters. The monoisotopic (exact) mass is 315 g/mol. The van der Waals surface area contributed by atoms with Crippen molar-refractivity contribution < 1.29 is 4.74 Å². The van der Waals surface area contributed by atoms with Crippen LogP contribution < -0.4 is 5.32 Å². The average Bonchev–Trinajstić information content (AvgIpc) is 2.91. The quantitative estimate of drug-likeness (QED) is 0.810. The molecular formula is C16H23Cl2NO. The molecule has 1 aliphatic rings. The Kier molecular flexibility index (Phi) is 6.16. The fraction of sp³-hybridized carbons (Fsp3) is 0.625. The summed E-state index contributed by atoms with van der Waals surface area (Å²) in [5.74, 6) is 0.461. The van der Waals surface area contributed by atoms with E-state index in [-0.39, 0.29) is 6.04 Å². The summed E-state index contributed by atoms with van der Waals surface area (Å²) in [6.07, 6.45) is 3.51. The van der Waals surface area contributed by atoms with E-state index in [1.54, 1.807) is 0 Å². The van der Waals surface area contributed by atoms with Crippen LogP contribution in [0.2, 0.25) is 10.0 Å². The van der Waals surface area contributed by atoms with Crippen molar-refractivity contribution >= 4 is 23.2 Å². The van der Waals surface area contributed by atoms with Gasteiger partial charge in [0.2, 0.25) is 0 Å². The second-order valence-electron chi connectivity index (χ2n) is 5.37. The molecule has 112 valence electrons. The highest BCUT2D eigenvalue weighted by atomic mass is 35.5. The van der Waals surface area contributed by atoms with E-state index in [0.29, 0.717) is 12.0 Å². The molecule has 0 aliphatic carbocycles. The Balaban J connectivity index is 2.28. The van der Waals surface area contributed by atoms with Crippen molar-refractivity contribution in [1.29, 1.82) is 0 Å². The van der Waals surface area contributed by atoms with Gasteiger partial charge >= 0.3 is 0 Å². The smallest absolute Gasteiger partial charge is 0.0619 e. The summed E-state index contributed by atoms with van der Waals surface area (Å²) in [5, 5.41) is 5.15. The van der Waals surface area contributed by atoms with Crippen LogP contribution in [0, 0.1) is 5.92 Å². The average molecular weight is 316 g/mol. The Morgan fingerprint density at radius 2 is 2.15 bits per heavy atom. The molecule has 0 bridgehead atoms. The van der Waals surface area contributed by atoms with Crippen molar-refractivity contribution in [2.75, 3.05) is 13.2 Å². The fourth-order valence-electron chi connectivity index (χ4n) is 3.01. The maximum atomic E-state index is 6.40. The standard InChI is InChI=1S/C16H23Cl2NO/c1-3-8-19-16(12-7-9-20-15(12)4-2)13-10-11(17)5-6-14(13)18/h5-6,10,12,15-16,19H,3-4,7-9H2,1-2H3. The van der Waals surface area contributed by atoms with Gasteiger partial charge in [0.1, 0.15) is 0 Å². The normalized spacial score (nSPS) is 24.0. The topological polar surface area (TPSA) is 21.3 Å². The van der Waals surface area contributed by atoms with Crippen LogP contribution in [0.4, 0.5) is 0 Å². The predicted molar refractivity (Wildman–Crippen MR) is 85.6 cm³/mol. The molecule has 0 spiro atoms. The number of ether oxygens (including phenoxy) is 1. The Hall–Kier alpha value is -0.280. The van der Waals surface area contributed by atoms with Crippen molar-refractivity contribution in [3.05, 3.63) is 33.8 Å². The van der Waals surface area contributed by atoms with Gasteiger partial charge in [0.25, 0.3) is 0 Å². The minimum atomic E-state index is 0.216. The van der Waals surface area contributed by atoms with Crippen LogP contribution in [0.5, 0.6) is 0 Å². The zero-order valence-corrected chi connectivity index (χ0v) is 13.7. The van der Waals surface area contributed by atoms with Gasteiger partial charge in [0.05, 0.1) is 6.10 Å². The second kappa shape index (κ2) is 7.65. The van der Waals surface area contributed by atoms with Gasteiger partial charge in [-0.05, 0) is 49.6 Å². The maximum absolute atomic E-state index is 6.40. The molecule has 1 aromatic carbocycles. The van der Waals surface area contributed by atoms with Crippen LogP contribution in [0.25, 0.3) is 0 Å². The van der Waals surface area contributed by atoms with Crippen LogP contribution in [-0.4, -0.2) is 19.3 Å². The Morgan fingerprint density at radius 1 is 1.35 bits per heavy atom. The van der Waals surface area contributed by atoms with Gasteiger partial charge in [-0.15, -0.1) is 0 Å². The van der Waals surface area contributed by atoms with Crippen LogP contribution >= 0.6 is 23.2 Å². The molecular weight excluding hydrogens is 293 g/mol. The van der Waals surface area contributed by atoms with Crippen LogP contribution in [0.15, 0.2) is 18.2 Å². The third-order valence-corrected chi connectivity index (χ3v) is 4.58. The number of benzene rings is 1. The van der Waals surface area contributed by atoms with E-state index in [9.17, 15) is 0 Å². The minimum Gasteiger partial charge on any atom is -0.378 e. The van der Waals surface area contributed by atoms with Gasteiger partial charge in [0.15, 0.2) is 0 Å². The third kappa shape index (κ3) is 3.67. The van der Waals surface area contributed by atoms with Crippen molar-refractivity contribution in [1.82, 2.24) is 5.32 Å². The SMILES string of the molecule is CCCNC(c1cc(Cl)ccc1Cl)C1CCOC1CC. The van der Waals surface area contributed by atoms with E-state index >= 15 is 0 Å². The number of halogens is 2. The molecule has 0 amide bonds. The van der Waals surface area contributed by atoms with Gasteiger partial charge in [-0.2, -0.15) is 0 Å². The van der Waals surface area contributed by atoms with Crippen molar-refractivity contribution in [3.63, 3.8) is 0 Å². The molecule has 3 atom stereocenters. The van der Waals surface area contributed by atoms with Gasteiger partial charge in [0, 0.05) is 28.6 Å². The lowest BCUT2D eigenvalue weighted by molar-refractivity contribution is 0.0774. The highest BCUT2D eigenvalue weighted by Gasteiger charge is 2.35. The number of rotatable bonds is 6. The van der Waals surface area contributed by atoms with E-state index in [4.69, 9.17) is 27.9 Å². The van der Waals surface area contributed by atoms with E-state index in [2.05, 4.69) is 19.2 Å². The highest BCUT2D eigenvalue weighted by molar-refractivity contribution is 6.33. The van der Waals surface area contributed by atoms with Crippen molar-refractivity contribution in [2.45, 2.75) is 45.3 Å². The van der Waals surface area contributed by atoms with Crippen molar-refractivity contribution in [3.8, 4) is 0 Å². The van der Waals surface area contributed by atoms with Gasteiger partial charge < -0.3 is 10.1 Å². The molecule has 20 heavy (non-hydrogen) atoms. The number of hydrogen-bond acceptors (Lipinski definition) is 2. The second-order valence-corrected chi connectivity index (χ2v) is 6.21. The molecule has 4 heteroatoms. The van der Waals surface area contributed by atoms with Crippen LogP contribution in [0.1, 0.15) is 44.7 Å². The first kappa shape index (κ1) is 16.1. The van der Waals surface area contributed by atoms with E-state index in [1.165, 1.54) is 0 Å². The zero-order chi connectivity index (χ0) is 14.5. The Morgan fingerprint density at radius 3 is 2.85 bits per heavy atom. The van der Waals surface area contributed by atoms with Gasteiger partial charge in [-0.3, -0.25) is 0 Å². The van der Waals surface area contributed by atoms with Gasteiger partial charge in [-0.1, -0.05) is 37.0 Å². The lowest BCUT2D eigenvalue weighted by Crippen LogP contribution is -2.33. The zero-order valence-electron chi connectivity index (χ0n) is 12.2. The summed E-state index contributed by atoms with van der Waals surface area (Å²) < 4.78 is 5.85. The van der Waals surface area contributed by atoms with E-state index in [1.807, 2.05) is 18.2 Å². The number of nitrogens with one attached hydrogen (secondary N) is 1. The summed E-state index contributed by atoms with van der Waals surface area (Å²) in [5.41, 5.74) is 1.10. The van der Waals surface area contributed by atoms with E-state index < -0.39 is 0 Å². The molecule has 1 heterocycles. The third-order valence-electron chi connectivity index (χ3n) is 4.00. The molecule has 2 nitrogen and oxygen atoms in total. The Bertz CT molecular complexity index is 438. The minimum absolute atomic E-state index is 0.216. The number of hydrogen-bond donors (Lipinski definition) is 1. The molecule has 0 aromatic heterocycles. The summed E-state index contributed by atoms with van der Waals surface area (Å²) in [4.78, 5) is 0. The highest BCUT2D eigenvalue weighted by Crippen LogP contribution is 2.38. The molecule has 0 saturated carbocycles. The largest absolute Gasteiger partial charge is 0.378 e.